The summed E-state index contributed by atoms with van der Waals surface area (Å²) in [5, 5.41) is 6.75. The molecule has 0 radical (unpaired) electrons. The summed E-state index contributed by atoms with van der Waals surface area (Å²) in [5.74, 6) is 0.903. The van der Waals surface area contributed by atoms with Crippen LogP contribution in [-0.2, 0) is 11.2 Å². The van der Waals surface area contributed by atoms with E-state index in [0.717, 1.165) is 38.8 Å². The van der Waals surface area contributed by atoms with E-state index in [2.05, 4.69) is 55.7 Å². The third kappa shape index (κ3) is 3.94. The summed E-state index contributed by atoms with van der Waals surface area (Å²) in [7, 11) is 0. The number of carbonyl (C=O) groups excluding carboxylic acids is 1. The highest BCUT2D eigenvalue weighted by atomic mass is 35.5. The van der Waals surface area contributed by atoms with Crippen LogP contribution >= 0.6 is 12.4 Å². The Bertz CT molecular complexity index is 549. The van der Waals surface area contributed by atoms with Crippen LogP contribution in [0.2, 0.25) is 0 Å². The topological polar surface area (TPSA) is 41.1 Å². The zero-order valence-corrected chi connectivity index (χ0v) is 15.9. The molecule has 3 nitrogen and oxygen atoms in total. The lowest BCUT2D eigenvalue weighted by Crippen LogP contribution is -2.36. The quantitative estimate of drug-likeness (QED) is 0.846. The van der Waals surface area contributed by atoms with Crippen LogP contribution in [0.15, 0.2) is 24.3 Å². The molecular weight excluding hydrogens is 320 g/mol. The van der Waals surface area contributed by atoms with Crippen molar-refractivity contribution in [3.05, 3.63) is 35.4 Å². The molecule has 2 fully saturated rings. The summed E-state index contributed by atoms with van der Waals surface area (Å²) in [6.07, 6.45) is 4.45. The summed E-state index contributed by atoms with van der Waals surface area (Å²) in [6, 6.07) is 8.84. The van der Waals surface area contributed by atoms with E-state index in [0.29, 0.717) is 11.3 Å². The Balaban J connectivity index is 0.00000208. The van der Waals surface area contributed by atoms with E-state index >= 15 is 0 Å². The van der Waals surface area contributed by atoms with E-state index in [1.54, 1.807) is 0 Å². The molecule has 0 bridgehead atoms. The van der Waals surface area contributed by atoms with Crippen molar-refractivity contribution in [2.45, 2.75) is 52.5 Å². The zero-order chi connectivity index (χ0) is 16.4. The Morgan fingerprint density at radius 3 is 2.42 bits per heavy atom. The van der Waals surface area contributed by atoms with E-state index in [-0.39, 0.29) is 30.3 Å². The van der Waals surface area contributed by atoms with Crippen molar-refractivity contribution in [1.29, 1.82) is 0 Å². The fourth-order valence-electron chi connectivity index (χ4n) is 4.05. The molecule has 24 heavy (non-hydrogen) atoms. The van der Waals surface area contributed by atoms with Gasteiger partial charge in [-0.3, -0.25) is 4.79 Å². The van der Waals surface area contributed by atoms with Crippen molar-refractivity contribution in [2.24, 2.45) is 17.3 Å². The number of amides is 1. The molecule has 1 heterocycles. The number of hydrogen-bond donors (Lipinski definition) is 2. The van der Waals surface area contributed by atoms with Crippen LogP contribution in [0.3, 0.4) is 0 Å². The van der Waals surface area contributed by atoms with Crippen LogP contribution in [0.5, 0.6) is 0 Å². The summed E-state index contributed by atoms with van der Waals surface area (Å²) >= 11 is 0. The average Bonchev–Trinajstić information content (AvgIpc) is 3.26. The molecule has 134 valence electrons. The number of halogens is 1. The molecule has 0 aromatic heterocycles. The fourth-order valence-corrected chi connectivity index (χ4v) is 4.05. The Kier molecular flexibility index (Phi) is 6.33. The monoisotopic (exact) mass is 350 g/mol. The van der Waals surface area contributed by atoms with E-state index < -0.39 is 0 Å². The van der Waals surface area contributed by atoms with Gasteiger partial charge in [-0.1, -0.05) is 45.0 Å². The highest BCUT2D eigenvalue weighted by Gasteiger charge is 2.57. The summed E-state index contributed by atoms with van der Waals surface area (Å²) < 4.78 is 0. The molecule has 1 amide bonds. The normalized spacial score (nSPS) is 22.8. The Labute approximate surface area is 152 Å². The first-order chi connectivity index (χ1) is 11.1. The Hall–Kier alpha value is -1.06. The van der Waals surface area contributed by atoms with Crippen LogP contribution in [0.1, 0.15) is 57.2 Å². The van der Waals surface area contributed by atoms with E-state index in [1.807, 2.05) is 0 Å². The maximum atomic E-state index is 12.8. The van der Waals surface area contributed by atoms with Crippen LogP contribution < -0.4 is 10.6 Å². The van der Waals surface area contributed by atoms with Crippen molar-refractivity contribution in [1.82, 2.24) is 10.6 Å². The van der Waals surface area contributed by atoms with Gasteiger partial charge in [0.2, 0.25) is 5.91 Å². The largest absolute Gasteiger partial charge is 0.349 e. The van der Waals surface area contributed by atoms with Gasteiger partial charge >= 0.3 is 0 Å². The van der Waals surface area contributed by atoms with Crippen molar-refractivity contribution in [3.63, 3.8) is 0 Å². The van der Waals surface area contributed by atoms with Gasteiger partial charge in [0.15, 0.2) is 0 Å². The Morgan fingerprint density at radius 2 is 1.88 bits per heavy atom. The van der Waals surface area contributed by atoms with Gasteiger partial charge in [-0.05, 0) is 61.2 Å². The Morgan fingerprint density at radius 1 is 1.25 bits per heavy atom. The number of hydrogen-bond acceptors (Lipinski definition) is 2. The lowest BCUT2D eigenvalue weighted by Gasteiger charge is -2.26. The molecule has 1 saturated carbocycles. The third-order valence-corrected chi connectivity index (χ3v) is 5.82. The molecule has 3 rings (SSSR count). The molecule has 2 atom stereocenters. The highest BCUT2D eigenvalue weighted by Crippen LogP contribution is 2.58. The van der Waals surface area contributed by atoms with Crippen molar-refractivity contribution < 1.29 is 4.79 Å². The second-order valence-electron chi connectivity index (χ2n) is 7.69. The molecule has 1 aliphatic carbocycles. The predicted octanol–water partition coefficient (Wildman–Crippen LogP) is 3.87. The lowest BCUT2D eigenvalue weighted by atomic mass is 9.91. The van der Waals surface area contributed by atoms with Crippen molar-refractivity contribution >= 4 is 18.3 Å². The molecular formula is C20H31ClN2O. The number of carbonyl (C=O) groups is 1. The minimum Gasteiger partial charge on any atom is -0.349 e. The number of piperidine rings is 1. The van der Waals surface area contributed by atoms with Crippen LogP contribution in [-0.4, -0.2) is 19.0 Å². The van der Waals surface area contributed by atoms with Gasteiger partial charge in [-0.25, -0.2) is 0 Å². The number of nitrogens with one attached hydrogen (secondary N) is 2. The molecule has 2 N–H and O–H groups in total. The second kappa shape index (κ2) is 7.88. The van der Waals surface area contributed by atoms with Crippen molar-refractivity contribution in [3.8, 4) is 0 Å². The maximum absolute atomic E-state index is 12.8. The SMILES string of the molecule is CCc1ccc(C(NC(=O)C2CC23CCNCC3)C(C)C)cc1.Cl. The summed E-state index contributed by atoms with van der Waals surface area (Å²) in [5.41, 5.74) is 2.88. The average molecular weight is 351 g/mol. The second-order valence-corrected chi connectivity index (χ2v) is 7.69. The third-order valence-electron chi connectivity index (χ3n) is 5.82. The molecule has 1 aromatic carbocycles. The van der Waals surface area contributed by atoms with Crippen LogP contribution in [0.4, 0.5) is 0 Å². The smallest absolute Gasteiger partial charge is 0.224 e. The van der Waals surface area contributed by atoms with Crippen LogP contribution in [0, 0.1) is 17.3 Å². The van der Waals surface area contributed by atoms with Gasteiger partial charge in [0, 0.05) is 5.92 Å². The molecule has 4 heteroatoms. The van der Waals surface area contributed by atoms with Gasteiger partial charge in [-0.2, -0.15) is 0 Å². The minimum absolute atomic E-state index is 0. The number of rotatable bonds is 5. The molecule has 1 saturated heterocycles. The van der Waals surface area contributed by atoms with E-state index in [9.17, 15) is 4.79 Å². The first-order valence-corrected chi connectivity index (χ1v) is 9.15. The fraction of sp³-hybridized carbons (Fsp3) is 0.650. The van der Waals surface area contributed by atoms with Crippen molar-refractivity contribution in [2.75, 3.05) is 13.1 Å². The van der Waals surface area contributed by atoms with E-state index in [1.165, 1.54) is 11.1 Å². The standard InChI is InChI=1S/C20H30N2O.ClH/c1-4-15-5-7-16(8-6-15)18(14(2)3)22-19(23)17-13-20(17)9-11-21-12-10-20;/h5-8,14,17-18,21H,4,9-13H2,1-3H3,(H,22,23);1H. The van der Waals surface area contributed by atoms with Gasteiger partial charge in [0.1, 0.15) is 0 Å². The molecule has 1 aromatic rings. The first kappa shape index (κ1) is 19.3. The highest BCUT2D eigenvalue weighted by molar-refractivity contribution is 5.85. The van der Waals surface area contributed by atoms with Gasteiger partial charge in [0.05, 0.1) is 6.04 Å². The molecule has 2 aliphatic rings. The minimum atomic E-state index is 0. The zero-order valence-electron chi connectivity index (χ0n) is 15.1. The van der Waals surface area contributed by atoms with Gasteiger partial charge in [-0.15, -0.1) is 12.4 Å². The first-order valence-electron chi connectivity index (χ1n) is 9.15. The van der Waals surface area contributed by atoms with Gasteiger partial charge in [0.25, 0.3) is 0 Å². The summed E-state index contributed by atoms with van der Waals surface area (Å²) in [4.78, 5) is 12.8. The lowest BCUT2D eigenvalue weighted by molar-refractivity contribution is -0.124. The maximum Gasteiger partial charge on any atom is 0.224 e. The number of aryl methyl sites for hydroxylation is 1. The predicted molar refractivity (Wildman–Crippen MR) is 101 cm³/mol. The molecule has 2 unspecified atom stereocenters. The van der Waals surface area contributed by atoms with E-state index in [4.69, 9.17) is 0 Å². The molecule has 1 spiro atoms. The van der Waals surface area contributed by atoms with Crippen LogP contribution in [0.25, 0.3) is 0 Å². The van der Waals surface area contributed by atoms with Gasteiger partial charge < -0.3 is 10.6 Å². The number of benzene rings is 1. The molecule has 1 aliphatic heterocycles. The summed E-state index contributed by atoms with van der Waals surface area (Å²) in [6.45, 7) is 8.67.